The fraction of sp³-hybridized carbons (Fsp3) is 0.217. The number of anilines is 1. The second-order valence-electron chi connectivity index (χ2n) is 7.05. The Morgan fingerprint density at radius 1 is 1.07 bits per heavy atom. The van der Waals surface area contributed by atoms with E-state index in [4.69, 9.17) is 4.74 Å². The number of allylic oxidation sites excluding steroid dienone is 1. The van der Waals surface area contributed by atoms with Gasteiger partial charge in [-0.1, -0.05) is 24.3 Å². The number of nitrogens with one attached hydrogen (secondary N) is 1. The summed E-state index contributed by atoms with van der Waals surface area (Å²) >= 11 is 0. The quantitative estimate of drug-likeness (QED) is 0.708. The first-order chi connectivity index (χ1) is 13.3. The molecule has 0 saturated heterocycles. The number of methoxy groups -OCH3 is 1. The molecule has 0 fully saturated rings. The molecule has 3 aromatic rings. The molecule has 0 spiro atoms. The molecule has 1 N–H and O–H groups in total. The standard InChI is InChI=1S/C23H20N2O2/c1-27-20-10-3-2-6-15(20)23-22-16(7-4-9-19(22)26)21-14-8-5-13-24-17(14)11-12-18(21)25-23/h2-3,5-6,8,10-13,23,25H,4,7,9H2,1H3. The maximum Gasteiger partial charge on any atom is 0.161 e. The molecule has 4 nitrogen and oxygen atoms in total. The minimum absolute atomic E-state index is 0.189. The number of aromatic nitrogens is 1. The zero-order chi connectivity index (χ0) is 18.4. The van der Waals surface area contributed by atoms with Crippen LogP contribution in [0.3, 0.4) is 0 Å². The lowest BCUT2D eigenvalue weighted by molar-refractivity contribution is -0.116. The number of ether oxygens (including phenoxy) is 1. The van der Waals surface area contributed by atoms with E-state index in [1.165, 1.54) is 0 Å². The van der Waals surface area contributed by atoms with E-state index in [0.717, 1.165) is 57.5 Å². The molecular formula is C23H20N2O2. The predicted octanol–water partition coefficient (Wildman–Crippen LogP) is 4.92. The molecule has 2 heterocycles. The summed E-state index contributed by atoms with van der Waals surface area (Å²) in [6.45, 7) is 0. The van der Waals surface area contributed by atoms with E-state index in [2.05, 4.69) is 22.4 Å². The average Bonchev–Trinajstić information content (AvgIpc) is 2.73. The number of carbonyl (C=O) groups is 1. The zero-order valence-electron chi connectivity index (χ0n) is 15.2. The van der Waals surface area contributed by atoms with Crippen LogP contribution in [0.25, 0.3) is 16.5 Å². The number of ketones is 1. The largest absolute Gasteiger partial charge is 0.496 e. The second kappa shape index (κ2) is 6.23. The number of pyridine rings is 1. The molecule has 4 heteroatoms. The van der Waals surface area contributed by atoms with E-state index in [9.17, 15) is 4.79 Å². The van der Waals surface area contributed by atoms with Crippen LogP contribution in [0.5, 0.6) is 5.75 Å². The predicted molar refractivity (Wildman–Crippen MR) is 107 cm³/mol. The van der Waals surface area contributed by atoms with Crippen molar-refractivity contribution in [3.63, 3.8) is 0 Å². The first-order valence-electron chi connectivity index (χ1n) is 9.31. The molecule has 1 unspecified atom stereocenters. The maximum atomic E-state index is 13.0. The van der Waals surface area contributed by atoms with Crippen molar-refractivity contribution in [2.24, 2.45) is 0 Å². The molecule has 0 amide bonds. The molecule has 0 bridgehead atoms. The van der Waals surface area contributed by atoms with Crippen LogP contribution in [0.15, 0.2) is 60.3 Å². The third kappa shape index (κ3) is 2.44. The van der Waals surface area contributed by atoms with Gasteiger partial charge in [-0.2, -0.15) is 0 Å². The minimum Gasteiger partial charge on any atom is -0.496 e. The lowest BCUT2D eigenvalue weighted by atomic mass is 9.77. The number of para-hydroxylation sites is 1. The van der Waals surface area contributed by atoms with E-state index >= 15 is 0 Å². The van der Waals surface area contributed by atoms with Crippen molar-refractivity contribution in [3.05, 3.63) is 71.4 Å². The summed E-state index contributed by atoms with van der Waals surface area (Å²) in [4.78, 5) is 17.5. The minimum atomic E-state index is -0.189. The molecule has 0 radical (unpaired) electrons. The van der Waals surface area contributed by atoms with E-state index in [-0.39, 0.29) is 11.8 Å². The fourth-order valence-corrected chi connectivity index (χ4v) is 4.42. The number of fused-ring (bicyclic) bond motifs is 4. The monoisotopic (exact) mass is 356 g/mol. The van der Waals surface area contributed by atoms with Crippen molar-refractivity contribution >= 4 is 27.9 Å². The van der Waals surface area contributed by atoms with Crippen molar-refractivity contribution in [1.29, 1.82) is 0 Å². The third-order valence-electron chi connectivity index (χ3n) is 5.58. The number of benzene rings is 2. The van der Waals surface area contributed by atoms with Crippen LogP contribution in [-0.2, 0) is 4.79 Å². The Morgan fingerprint density at radius 2 is 1.96 bits per heavy atom. The average molecular weight is 356 g/mol. The highest BCUT2D eigenvalue weighted by Crippen LogP contribution is 2.48. The van der Waals surface area contributed by atoms with Gasteiger partial charge < -0.3 is 10.1 Å². The fourth-order valence-electron chi connectivity index (χ4n) is 4.42. The molecule has 27 heavy (non-hydrogen) atoms. The molecule has 1 aliphatic carbocycles. The second-order valence-corrected chi connectivity index (χ2v) is 7.05. The van der Waals surface area contributed by atoms with Crippen LogP contribution < -0.4 is 10.1 Å². The van der Waals surface area contributed by atoms with E-state index < -0.39 is 0 Å². The van der Waals surface area contributed by atoms with Crippen molar-refractivity contribution in [2.45, 2.75) is 25.3 Å². The van der Waals surface area contributed by atoms with Crippen molar-refractivity contribution in [1.82, 2.24) is 4.98 Å². The summed E-state index contributed by atoms with van der Waals surface area (Å²) in [5, 5.41) is 4.72. The topological polar surface area (TPSA) is 51.2 Å². The van der Waals surface area contributed by atoms with Gasteiger partial charge in [0.05, 0.1) is 18.7 Å². The highest BCUT2D eigenvalue weighted by atomic mass is 16.5. The van der Waals surface area contributed by atoms with Gasteiger partial charge in [-0.05, 0) is 42.7 Å². The first-order valence-corrected chi connectivity index (χ1v) is 9.31. The molecular weight excluding hydrogens is 336 g/mol. The van der Waals surface area contributed by atoms with E-state index in [1.807, 2.05) is 42.6 Å². The van der Waals surface area contributed by atoms with Gasteiger partial charge in [0, 0.05) is 40.4 Å². The number of Topliss-reactive ketones (excluding diaryl/α,β-unsaturated/α-hetero) is 1. The molecule has 1 aliphatic heterocycles. The van der Waals surface area contributed by atoms with Crippen LogP contribution in [0.1, 0.15) is 36.4 Å². The normalized spacial score (nSPS) is 18.7. The number of hydrogen-bond donors (Lipinski definition) is 1. The smallest absolute Gasteiger partial charge is 0.161 e. The van der Waals surface area contributed by atoms with Crippen LogP contribution in [-0.4, -0.2) is 17.9 Å². The lowest BCUT2D eigenvalue weighted by Gasteiger charge is -2.35. The van der Waals surface area contributed by atoms with E-state index in [0.29, 0.717) is 6.42 Å². The number of carbonyl (C=O) groups excluding carboxylic acids is 1. The highest BCUT2D eigenvalue weighted by Gasteiger charge is 2.36. The number of hydrogen-bond acceptors (Lipinski definition) is 4. The SMILES string of the molecule is COc1ccccc1C1Nc2ccc3ncccc3c2C2=C1C(=O)CCC2. The maximum absolute atomic E-state index is 13.0. The summed E-state index contributed by atoms with van der Waals surface area (Å²) < 4.78 is 5.59. The number of nitrogens with zero attached hydrogens (tertiary/aromatic N) is 1. The molecule has 5 rings (SSSR count). The van der Waals surface area contributed by atoms with Gasteiger partial charge in [0.15, 0.2) is 5.78 Å². The third-order valence-corrected chi connectivity index (χ3v) is 5.58. The molecule has 2 aliphatic rings. The van der Waals surface area contributed by atoms with Gasteiger partial charge >= 0.3 is 0 Å². The molecule has 1 aromatic heterocycles. The molecule has 1 atom stereocenters. The Bertz CT molecular complexity index is 1100. The van der Waals surface area contributed by atoms with Crippen LogP contribution >= 0.6 is 0 Å². The van der Waals surface area contributed by atoms with Gasteiger partial charge in [-0.15, -0.1) is 0 Å². The summed E-state index contributed by atoms with van der Waals surface area (Å²) in [5.41, 5.74) is 6.19. The molecule has 134 valence electrons. The lowest BCUT2D eigenvalue weighted by Crippen LogP contribution is -2.27. The van der Waals surface area contributed by atoms with Crippen molar-refractivity contribution < 1.29 is 9.53 Å². The Kier molecular flexibility index (Phi) is 3.71. The Labute approximate surface area is 157 Å². The summed E-state index contributed by atoms with van der Waals surface area (Å²) in [5.74, 6) is 1.03. The van der Waals surface area contributed by atoms with E-state index in [1.54, 1.807) is 7.11 Å². The Balaban J connectivity index is 1.80. The van der Waals surface area contributed by atoms with Gasteiger partial charge in [-0.3, -0.25) is 9.78 Å². The molecule has 0 saturated carbocycles. The van der Waals surface area contributed by atoms with Crippen LogP contribution in [0.4, 0.5) is 5.69 Å². The number of rotatable bonds is 2. The van der Waals surface area contributed by atoms with Crippen LogP contribution in [0.2, 0.25) is 0 Å². The van der Waals surface area contributed by atoms with Gasteiger partial charge in [0.25, 0.3) is 0 Å². The highest BCUT2D eigenvalue weighted by molar-refractivity contribution is 6.12. The van der Waals surface area contributed by atoms with Crippen molar-refractivity contribution in [2.75, 3.05) is 12.4 Å². The van der Waals surface area contributed by atoms with Gasteiger partial charge in [0.2, 0.25) is 0 Å². The Morgan fingerprint density at radius 3 is 2.85 bits per heavy atom. The molecule has 2 aromatic carbocycles. The first kappa shape index (κ1) is 16.1. The Hall–Kier alpha value is -3.14. The summed E-state index contributed by atoms with van der Waals surface area (Å²) in [6.07, 6.45) is 4.22. The zero-order valence-corrected chi connectivity index (χ0v) is 15.2. The van der Waals surface area contributed by atoms with Crippen LogP contribution in [0, 0.1) is 0 Å². The van der Waals surface area contributed by atoms with Gasteiger partial charge in [-0.25, -0.2) is 0 Å². The summed E-state index contributed by atoms with van der Waals surface area (Å²) in [6, 6.07) is 15.9. The van der Waals surface area contributed by atoms with Gasteiger partial charge in [0.1, 0.15) is 5.75 Å². The summed E-state index contributed by atoms with van der Waals surface area (Å²) in [7, 11) is 1.67. The van der Waals surface area contributed by atoms with Crippen molar-refractivity contribution in [3.8, 4) is 5.75 Å².